The molecular weight excluding hydrogens is 728 g/mol. The van der Waals surface area contributed by atoms with Gasteiger partial charge in [0.1, 0.15) is 12.4 Å². The Labute approximate surface area is 302 Å². The summed E-state index contributed by atoms with van der Waals surface area (Å²) >= 11 is 0. The maximum absolute atomic E-state index is 13.7. The molecule has 0 atom stereocenters. The lowest BCUT2D eigenvalue weighted by Gasteiger charge is -2.26. The van der Waals surface area contributed by atoms with E-state index < -0.39 is 32.3 Å². The Morgan fingerprint density at radius 1 is 0.769 bits per heavy atom. The first-order valence-corrected chi connectivity index (χ1v) is 19.4. The Kier molecular flexibility index (Phi) is 13.4. The summed E-state index contributed by atoms with van der Waals surface area (Å²) in [5.41, 5.74) is 2.91. The van der Waals surface area contributed by atoms with Gasteiger partial charge in [-0.15, -0.1) is 0 Å². The van der Waals surface area contributed by atoms with Gasteiger partial charge in [-0.3, -0.25) is 4.79 Å². The molecule has 1 amide bonds. The molecule has 0 aliphatic carbocycles. The van der Waals surface area contributed by atoms with Gasteiger partial charge in [-0.05, 0) is 87.2 Å². The number of hydrogen-bond donors (Lipinski definition) is 0. The predicted molar refractivity (Wildman–Crippen MR) is 194 cm³/mol. The summed E-state index contributed by atoms with van der Waals surface area (Å²) < 4.78 is 119. The first kappa shape index (κ1) is 41.7. The van der Waals surface area contributed by atoms with Gasteiger partial charge in [0.05, 0.1) is 32.3 Å². The first-order chi connectivity index (χ1) is 24.1. The van der Waals surface area contributed by atoms with E-state index in [0.717, 1.165) is 18.1 Å². The number of anilines is 1. The third-order valence-electron chi connectivity index (χ3n) is 7.29. The van der Waals surface area contributed by atoms with E-state index >= 15 is 0 Å². The van der Waals surface area contributed by atoms with Crippen molar-refractivity contribution in [3.63, 3.8) is 0 Å². The van der Waals surface area contributed by atoms with Crippen molar-refractivity contribution >= 4 is 31.8 Å². The number of alkyl halides is 3. The second-order valence-electron chi connectivity index (χ2n) is 12.1. The van der Waals surface area contributed by atoms with Gasteiger partial charge in [0.25, 0.3) is 0 Å². The van der Waals surface area contributed by atoms with Crippen LogP contribution in [0.1, 0.15) is 40.2 Å². The number of carbonyl (C=O) groups excluding carboxylic acids is 1. The first-order valence-electron chi connectivity index (χ1n) is 15.7. The number of allylic oxidation sites excluding steroid dienone is 2. The van der Waals surface area contributed by atoms with E-state index in [-0.39, 0.29) is 70.7 Å². The summed E-state index contributed by atoms with van der Waals surface area (Å²) in [5, 5.41) is 0. The molecule has 3 aromatic carbocycles. The second kappa shape index (κ2) is 16.8. The maximum Gasteiger partial charge on any atom is 0.471 e. The van der Waals surface area contributed by atoms with Crippen LogP contribution in [0.25, 0.3) is 22.3 Å². The SMILES string of the molecule is CCc1cc(-c2cc(OC)c(-c3ccc(OCC=C(C)C)c(OS(C)(=O)=O)c3)c(OS(C)(=O)=O)c2OC)ccc1N(CC=C(C)C)C(=O)C(F)(F)F. The Morgan fingerprint density at radius 2 is 1.38 bits per heavy atom. The van der Waals surface area contributed by atoms with E-state index in [0.29, 0.717) is 21.6 Å². The zero-order chi connectivity index (χ0) is 39.2. The van der Waals surface area contributed by atoms with Gasteiger partial charge in [0, 0.05) is 17.8 Å². The van der Waals surface area contributed by atoms with Crippen LogP contribution < -0.4 is 27.5 Å². The number of nitrogens with zero attached hydrogens (tertiary/aromatic N) is 1. The quantitative estimate of drug-likeness (QED) is 0.113. The van der Waals surface area contributed by atoms with E-state index in [2.05, 4.69) is 0 Å². The Bertz CT molecular complexity index is 2080. The minimum atomic E-state index is -5.13. The molecule has 0 aromatic heterocycles. The summed E-state index contributed by atoms with van der Waals surface area (Å²) in [5.74, 6) is -2.54. The highest BCUT2D eigenvalue weighted by molar-refractivity contribution is 7.86. The van der Waals surface area contributed by atoms with Crippen LogP contribution >= 0.6 is 0 Å². The van der Waals surface area contributed by atoms with Crippen LogP contribution in [-0.4, -0.2) is 68.8 Å². The maximum atomic E-state index is 13.7. The van der Waals surface area contributed by atoms with Crippen molar-refractivity contribution < 1.29 is 57.4 Å². The molecule has 0 saturated carbocycles. The largest absolute Gasteiger partial charge is 0.496 e. The monoisotopic (exact) mass is 769 g/mol. The van der Waals surface area contributed by atoms with Crippen LogP contribution in [-0.2, 0) is 31.5 Å². The molecule has 3 rings (SSSR count). The predicted octanol–water partition coefficient (Wildman–Crippen LogP) is 7.48. The molecule has 0 heterocycles. The number of amides is 1. The zero-order valence-electron chi connectivity index (χ0n) is 30.3. The van der Waals surface area contributed by atoms with Crippen molar-refractivity contribution in [2.24, 2.45) is 0 Å². The number of ether oxygens (including phenoxy) is 3. The normalized spacial score (nSPS) is 11.7. The summed E-state index contributed by atoms with van der Waals surface area (Å²) in [4.78, 5) is 13.2. The number of hydrogen-bond acceptors (Lipinski definition) is 10. The van der Waals surface area contributed by atoms with Crippen LogP contribution in [0, 0.1) is 0 Å². The van der Waals surface area contributed by atoms with Crippen molar-refractivity contribution in [3.8, 4) is 51.0 Å². The standard InChI is InChI=1S/C36H42F3NO10S2/c1-10-24-19-25(11-13-28(24)40(17-15-22(2)3)35(41)36(37,38)39)27-21-31(46-6)32(34(33(27)47-7)50-52(9,44)45)26-12-14-29(48-18-16-23(4)5)30(20-26)49-51(8,42)43/h11-16,19-21H,10,17-18H2,1-9H3. The van der Waals surface area contributed by atoms with Crippen LogP contribution in [0.3, 0.4) is 0 Å². The topological polar surface area (TPSA) is 135 Å². The fourth-order valence-electron chi connectivity index (χ4n) is 5.03. The average molecular weight is 770 g/mol. The van der Waals surface area contributed by atoms with Crippen molar-refractivity contribution in [2.45, 2.75) is 47.2 Å². The molecule has 0 fully saturated rings. The molecule has 0 aliphatic rings. The van der Waals surface area contributed by atoms with Gasteiger partial charge in [0.15, 0.2) is 23.0 Å². The van der Waals surface area contributed by atoms with Gasteiger partial charge in [-0.25, -0.2) is 0 Å². The number of benzene rings is 3. The lowest BCUT2D eigenvalue weighted by atomic mass is 9.94. The van der Waals surface area contributed by atoms with Crippen molar-refractivity contribution in [1.82, 2.24) is 0 Å². The van der Waals surface area contributed by atoms with Gasteiger partial charge in [-0.1, -0.05) is 36.3 Å². The molecule has 0 bridgehead atoms. The highest BCUT2D eigenvalue weighted by Crippen LogP contribution is 2.52. The Hall–Kier alpha value is -4.70. The second-order valence-corrected chi connectivity index (χ2v) is 15.2. The van der Waals surface area contributed by atoms with Gasteiger partial charge in [0.2, 0.25) is 0 Å². The Morgan fingerprint density at radius 3 is 1.90 bits per heavy atom. The fourth-order valence-corrected chi connectivity index (χ4v) is 5.94. The van der Waals surface area contributed by atoms with Gasteiger partial charge >= 0.3 is 32.3 Å². The summed E-state index contributed by atoms with van der Waals surface area (Å²) in [7, 11) is -5.73. The molecule has 0 unspecified atom stereocenters. The van der Waals surface area contributed by atoms with Gasteiger partial charge < -0.3 is 27.5 Å². The highest BCUT2D eigenvalue weighted by atomic mass is 32.2. The Balaban J connectivity index is 2.37. The smallest absolute Gasteiger partial charge is 0.471 e. The molecule has 52 heavy (non-hydrogen) atoms. The minimum absolute atomic E-state index is 0.0338. The molecule has 0 aliphatic heterocycles. The average Bonchev–Trinajstić information content (AvgIpc) is 3.02. The highest BCUT2D eigenvalue weighted by Gasteiger charge is 2.43. The van der Waals surface area contributed by atoms with E-state index in [4.69, 9.17) is 22.6 Å². The molecule has 284 valence electrons. The molecular formula is C36H42F3NO10S2. The molecule has 16 heteroatoms. The molecule has 3 aromatic rings. The van der Waals surface area contributed by atoms with Gasteiger partial charge in [-0.2, -0.15) is 30.0 Å². The molecule has 11 nitrogen and oxygen atoms in total. The number of methoxy groups -OCH3 is 2. The fraction of sp³-hybridized carbons (Fsp3) is 0.361. The van der Waals surface area contributed by atoms with Crippen LogP contribution in [0.4, 0.5) is 18.9 Å². The lowest BCUT2D eigenvalue weighted by molar-refractivity contribution is -0.170. The van der Waals surface area contributed by atoms with Crippen molar-refractivity contribution in [1.29, 1.82) is 0 Å². The number of carbonyl (C=O) groups is 1. The van der Waals surface area contributed by atoms with Crippen LogP contribution in [0.5, 0.6) is 28.7 Å². The lowest BCUT2D eigenvalue weighted by Crippen LogP contribution is -2.42. The van der Waals surface area contributed by atoms with Crippen LogP contribution in [0.15, 0.2) is 65.8 Å². The van der Waals surface area contributed by atoms with Crippen molar-refractivity contribution in [2.75, 3.05) is 44.8 Å². The van der Waals surface area contributed by atoms with E-state index in [1.54, 1.807) is 32.9 Å². The molecule has 0 spiro atoms. The third kappa shape index (κ3) is 10.9. The molecule has 0 N–H and O–H groups in total. The minimum Gasteiger partial charge on any atom is -0.496 e. The van der Waals surface area contributed by atoms with E-state index in [1.165, 1.54) is 56.7 Å². The van der Waals surface area contributed by atoms with Crippen LogP contribution in [0.2, 0.25) is 0 Å². The van der Waals surface area contributed by atoms with E-state index in [1.807, 2.05) is 13.8 Å². The number of aryl methyl sites for hydroxylation is 1. The summed E-state index contributed by atoms with van der Waals surface area (Å²) in [6, 6.07) is 10.2. The molecule has 0 saturated heterocycles. The number of halogens is 3. The van der Waals surface area contributed by atoms with Crippen molar-refractivity contribution in [3.05, 3.63) is 71.3 Å². The summed E-state index contributed by atoms with van der Waals surface area (Å²) in [6.07, 6.45) is 0.0314. The molecule has 0 radical (unpaired) electrons. The number of rotatable bonds is 15. The summed E-state index contributed by atoms with van der Waals surface area (Å²) in [6.45, 7) is 8.61. The zero-order valence-corrected chi connectivity index (χ0v) is 31.9. The van der Waals surface area contributed by atoms with E-state index in [9.17, 15) is 34.8 Å². The third-order valence-corrected chi connectivity index (χ3v) is 8.25.